The van der Waals surface area contributed by atoms with Crippen molar-refractivity contribution in [2.45, 2.75) is 25.4 Å². The van der Waals surface area contributed by atoms with Crippen LogP contribution in [0.4, 0.5) is 4.39 Å². The van der Waals surface area contributed by atoms with Gasteiger partial charge in [-0.3, -0.25) is 14.5 Å². The Kier molecular flexibility index (Phi) is 5.29. The fourth-order valence-electron chi connectivity index (χ4n) is 3.64. The van der Waals surface area contributed by atoms with Crippen LogP contribution in [0.2, 0.25) is 5.02 Å². The third kappa shape index (κ3) is 3.96. The zero-order chi connectivity index (χ0) is 18.1. The maximum atomic E-state index is 13.2. The minimum Gasteiger partial charge on any atom is -0.347 e. The number of fused-ring (bicyclic) bond motifs is 4. The van der Waals surface area contributed by atoms with Crippen LogP contribution >= 0.6 is 11.6 Å². The van der Waals surface area contributed by atoms with Gasteiger partial charge in [0.05, 0.1) is 5.92 Å². The predicted octanol–water partition coefficient (Wildman–Crippen LogP) is 1.99. The highest BCUT2D eigenvalue weighted by Gasteiger charge is 2.41. The largest absolute Gasteiger partial charge is 0.347 e. The monoisotopic (exact) mass is 367 g/mol. The summed E-state index contributed by atoms with van der Waals surface area (Å²) >= 11 is 6.14. The number of likely N-dealkylation sites (N-methyl/N-ethyl adjacent to an activating group) is 1. The Labute approximate surface area is 152 Å². The zero-order valence-corrected chi connectivity index (χ0v) is 15.3. The Balaban J connectivity index is 1.74. The van der Waals surface area contributed by atoms with E-state index >= 15 is 0 Å². The predicted molar refractivity (Wildman–Crippen MR) is 93.6 cm³/mol. The summed E-state index contributed by atoms with van der Waals surface area (Å²) in [6.07, 6.45) is 1.76. The Morgan fingerprint density at radius 3 is 2.76 bits per heavy atom. The van der Waals surface area contributed by atoms with Gasteiger partial charge in [-0.05, 0) is 30.5 Å². The van der Waals surface area contributed by atoms with E-state index in [1.54, 1.807) is 25.1 Å². The summed E-state index contributed by atoms with van der Waals surface area (Å²) in [4.78, 5) is 30.2. The first kappa shape index (κ1) is 18.1. The molecule has 0 aliphatic carbocycles. The number of halogens is 2. The molecule has 0 N–H and O–H groups in total. The maximum absolute atomic E-state index is 13.2. The number of nitrogens with zero attached hydrogens (tertiary/aromatic N) is 3. The van der Waals surface area contributed by atoms with E-state index in [9.17, 15) is 14.0 Å². The summed E-state index contributed by atoms with van der Waals surface area (Å²) in [6, 6.07) is 4.45. The molecule has 3 aliphatic rings. The molecule has 0 radical (unpaired) electrons. The van der Waals surface area contributed by atoms with E-state index in [4.69, 9.17) is 11.6 Å². The molecule has 2 bridgehead atoms. The van der Waals surface area contributed by atoms with Crippen LogP contribution < -0.4 is 0 Å². The minimum absolute atomic E-state index is 0.0365. The molecular formula is C18H23ClFN3O2. The first-order valence-electron chi connectivity index (χ1n) is 8.52. The zero-order valence-electron chi connectivity index (χ0n) is 14.5. The van der Waals surface area contributed by atoms with Gasteiger partial charge in [0, 0.05) is 44.8 Å². The highest BCUT2D eigenvalue weighted by molar-refractivity contribution is 6.31. The number of amides is 2. The molecule has 0 saturated carbocycles. The topological polar surface area (TPSA) is 43.9 Å². The lowest BCUT2D eigenvalue weighted by molar-refractivity contribution is -0.145. The second-order valence-corrected chi connectivity index (χ2v) is 7.52. The van der Waals surface area contributed by atoms with Gasteiger partial charge in [-0.25, -0.2) is 4.39 Å². The normalized spacial score (nSPS) is 23.7. The molecular weight excluding hydrogens is 345 g/mol. The van der Waals surface area contributed by atoms with Gasteiger partial charge in [-0.15, -0.1) is 0 Å². The molecule has 2 amide bonds. The van der Waals surface area contributed by atoms with Crippen molar-refractivity contribution >= 4 is 23.4 Å². The second-order valence-electron chi connectivity index (χ2n) is 7.11. The van der Waals surface area contributed by atoms with Gasteiger partial charge >= 0.3 is 0 Å². The van der Waals surface area contributed by atoms with E-state index in [1.807, 2.05) is 0 Å². The van der Waals surface area contributed by atoms with Crippen LogP contribution in [0.25, 0.3) is 0 Å². The third-order valence-electron chi connectivity index (χ3n) is 5.08. The van der Waals surface area contributed by atoms with Crippen molar-refractivity contribution in [2.24, 2.45) is 5.92 Å². The quantitative estimate of drug-likeness (QED) is 0.817. The van der Waals surface area contributed by atoms with E-state index in [1.165, 1.54) is 17.0 Å². The van der Waals surface area contributed by atoms with Crippen LogP contribution in [0.5, 0.6) is 0 Å². The van der Waals surface area contributed by atoms with Gasteiger partial charge in [0.15, 0.2) is 0 Å². The lowest BCUT2D eigenvalue weighted by Crippen LogP contribution is -2.51. The maximum Gasteiger partial charge on any atom is 0.241 e. The summed E-state index contributed by atoms with van der Waals surface area (Å²) in [5.41, 5.74) is 0.854. The molecule has 3 aliphatic heterocycles. The van der Waals surface area contributed by atoms with Crippen molar-refractivity contribution in [1.29, 1.82) is 0 Å². The van der Waals surface area contributed by atoms with Crippen LogP contribution in [0, 0.1) is 11.7 Å². The summed E-state index contributed by atoms with van der Waals surface area (Å²) in [6.45, 7) is 2.07. The molecule has 1 aromatic carbocycles. The number of piperidine rings is 1. The van der Waals surface area contributed by atoms with Gasteiger partial charge in [-0.2, -0.15) is 0 Å². The fourth-order valence-corrected chi connectivity index (χ4v) is 3.87. The summed E-state index contributed by atoms with van der Waals surface area (Å²) in [5.74, 6) is -0.436. The van der Waals surface area contributed by atoms with Crippen LogP contribution in [-0.4, -0.2) is 66.3 Å². The van der Waals surface area contributed by atoms with Gasteiger partial charge in [0.25, 0.3) is 0 Å². The number of rotatable bonds is 4. The molecule has 1 aromatic rings. The van der Waals surface area contributed by atoms with Crippen LogP contribution in [0.3, 0.4) is 0 Å². The SMILES string of the molecule is CN(C)C(=O)CN1C(=O)[C@H]2CC[C@@H]1CN(Cc1ccc(F)cc1Cl)C2. The van der Waals surface area contributed by atoms with Crippen LogP contribution in [0.15, 0.2) is 18.2 Å². The summed E-state index contributed by atoms with van der Waals surface area (Å²) in [5, 5.41) is 0.405. The van der Waals surface area contributed by atoms with Crippen molar-refractivity contribution in [3.63, 3.8) is 0 Å². The summed E-state index contributed by atoms with van der Waals surface area (Å²) in [7, 11) is 3.40. The molecule has 0 spiro atoms. The molecule has 0 unspecified atom stereocenters. The number of hydrogen-bond acceptors (Lipinski definition) is 3. The lowest BCUT2D eigenvalue weighted by atomic mass is 9.94. The fraction of sp³-hybridized carbons (Fsp3) is 0.556. The molecule has 3 fully saturated rings. The van der Waals surface area contributed by atoms with Crippen molar-refractivity contribution in [3.05, 3.63) is 34.6 Å². The Morgan fingerprint density at radius 2 is 2.08 bits per heavy atom. The molecule has 2 atom stereocenters. The van der Waals surface area contributed by atoms with Crippen molar-refractivity contribution in [1.82, 2.24) is 14.7 Å². The number of benzene rings is 1. The van der Waals surface area contributed by atoms with Gasteiger partial charge in [-0.1, -0.05) is 17.7 Å². The Hall–Kier alpha value is -1.66. The average Bonchev–Trinajstić information content (AvgIpc) is 2.82. The summed E-state index contributed by atoms with van der Waals surface area (Å²) < 4.78 is 13.2. The minimum atomic E-state index is -0.353. The first-order valence-corrected chi connectivity index (χ1v) is 8.90. The Morgan fingerprint density at radius 1 is 1.32 bits per heavy atom. The molecule has 5 nitrogen and oxygen atoms in total. The molecule has 4 rings (SSSR count). The lowest BCUT2D eigenvalue weighted by Gasteiger charge is -2.36. The van der Waals surface area contributed by atoms with Crippen molar-refractivity contribution in [3.8, 4) is 0 Å². The van der Waals surface area contributed by atoms with Crippen molar-refractivity contribution < 1.29 is 14.0 Å². The van der Waals surface area contributed by atoms with E-state index in [0.717, 1.165) is 18.4 Å². The molecule has 136 valence electrons. The molecule has 3 saturated heterocycles. The van der Waals surface area contributed by atoms with Crippen LogP contribution in [-0.2, 0) is 16.1 Å². The van der Waals surface area contributed by atoms with Crippen molar-refractivity contribution in [2.75, 3.05) is 33.7 Å². The number of carbonyl (C=O) groups excluding carboxylic acids is 2. The molecule has 3 heterocycles. The van der Waals surface area contributed by atoms with E-state index in [-0.39, 0.29) is 36.1 Å². The van der Waals surface area contributed by atoms with Gasteiger partial charge < -0.3 is 9.80 Å². The molecule has 0 aromatic heterocycles. The van der Waals surface area contributed by atoms with Gasteiger partial charge in [0.1, 0.15) is 12.4 Å². The number of hydrogen-bond donors (Lipinski definition) is 0. The number of carbonyl (C=O) groups is 2. The third-order valence-corrected chi connectivity index (χ3v) is 5.43. The van der Waals surface area contributed by atoms with Crippen LogP contribution in [0.1, 0.15) is 18.4 Å². The van der Waals surface area contributed by atoms with Gasteiger partial charge in [0.2, 0.25) is 11.8 Å². The Bertz CT molecular complexity index is 682. The molecule has 25 heavy (non-hydrogen) atoms. The standard InChI is InChI=1S/C18H23ClFN3O2/c1-21(2)17(24)11-23-15-6-4-13(18(23)25)9-22(10-15)8-12-3-5-14(20)7-16(12)19/h3,5,7,13,15H,4,6,8-11H2,1-2H3/t13-,15+/m0/s1. The van der Waals surface area contributed by atoms with E-state index in [0.29, 0.717) is 24.7 Å². The average molecular weight is 368 g/mol. The first-order chi connectivity index (χ1) is 11.8. The second kappa shape index (κ2) is 7.30. The van der Waals surface area contributed by atoms with E-state index in [2.05, 4.69) is 4.90 Å². The highest BCUT2D eigenvalue weighted by atomic mass is 35.5. The highest BCUT2D eigenvalue weighted by Crippen LogP contribution is 2.30. The smallest absolute Gasteiger partial charge is 0.241 e. The molecule has 7 heteroatoms. The van der Waals surface area contributed by atoms with E-state index < -0.39 is 0 Å².